The number of nitro benzene ring substituents is 1. The standard InChI is InChI=1S/C19H20N4O2/c1-19(2,15-9-4-5-10-16(15)20-3)18-12-17(21-22-18)13-7-6-8-14(11-13)23(24)25/h4-12,20H,1-3H3,(H,21,22). The fourth-order valence-corrected chi connectivity index (χ4v) is 2.96. The van der Waals surface area contributed by atoms with Crippen molar-refractivity contribution in [2.75, 3.05) is 12.4 Å². The average molecular weight is 336 g/mol. The number of nitrogens with one attached hydrogen (secondary N) is 2. The molecule has 1 heterocycles. The molecule has 1 aromatic heterocycles. The number of nitro groups is 1. The molecule has 0 fully saturated rings. The number of H-pyrrole nitrogens is 1. The smallest absolute Gasteiger partial charge is 0.270 e. The molecule has 3 rings (SSSR count). The molecule has 0 aliphatic carbocycles. The molecule has 0 saturated heterocycles. The van der Waals surface area contributed by atoms with E-state index in [2.05, 4.69) is 35.4 Å². The van der Waals surface area contributed by atoms with Crippen molar-refractivity contribution in [3.05, 3.63) is 76.0 Å². The van der Waals surface area contributed by atoms with Gasteiger partial charge in [0.05, 0.1) is 10.6 Å². The Bertz CT molecular complexity index is 915. The van der Waals surface area contributed by atoms with E-state index in [9.17, 15) is 10.1 Å². The minimum absolute atomic E-state index is 0.0573. The molecule has 128 valence electrons. The van der Waals surface area contributed by atoms with Crippen LogP contribution in [0.3, 0.4) is 0 Å². The Morgan fingerprint density at radius 3 is 2.60 bits per heavy atom. The number of benzene rings is 2. The topological polar surface area (TPSA) is 83.8 Å². The summed E-state index contributed by atoms with van der Waals surface area (Å²) in [5.74, 6) is 0. The van der Waals surface area contributed by atoms with Gasteiger partial charge in [0, 0.05) is 41.5 Å². The quantitative estimate of drug-likeness (QED) is 0.536. The van der Waals surface area contributed by atoms with Crippen molar-refractivity contribution in [1.82, 2.24) is 10.2 Å². The predicted octanol–water partition coefficient (Wildman–Crippen LogP) is 4.35. The summed E-state index contributed by atoms with van der Waals surface area (Å²) in [7, 11) is 1.90. The summed E-state index contributed by atoms with van der Waals surface area (Å²) in [6, 6.07) is 16.6. The summed E-state index contributed by atoms with van der Waals surface area (Å²) in [5.41, 5.74) is 4.30. The van der Waals surface area contributed by atoms with Crippen molar-refractivity contribution in [3.63, 3.8) is 0 Å². The first-order valence-corrected chi connectivity index (χ1v) is 8.01. The zero-order valence-electron chi connectivity index (χ0n) is 14.4. The number of non-ortho nitro benzene ring substituents is 1. The first-order valence-electron chi connectivity index (χ1n) is 8.01. The SMILES string of the molecule is CNc1ccccc1C(C)(C)c1cc(-c2cccc([N+](=O)[O-])c2)n[nH]1. The van der Waals surface area contributed by atoms with Gasteiger partial charge in [-0.3, -0.25) is 15.2 Å². The van der Waals surface area contributed by atoms with E-state index in [4.69, 9.17) is 0 Å². The highest BCUT2D eigenvalue weighted by Crippen LogP contribution is 2.36. The summed E-state index contributed by atoms with van der Waals surface area (Å²) >= 11 is 0. The number of rotatable bonds is 5. The second-order valence-corrected chi connectivity index (χ2v) is 6.39. The third kappa shape index (κ3) is 3.10. The minimum atomic E-state index is -0.399. The molecule has 0 saturated carbocycles. The largest absolute Gasteiger partial charge is 0.388 e. The molecule has 3 aromatic rings. The zero-order chi connectivity index (χ0) is 18.0. The number of aromatic amines is 1. The number of aromatic nitrogens is 2. The van der Waals surface area contributed by atoms with Crippen LogP contribution in [0.2, 0.25) is 0 Å². The van der Waals surface area contributed by atoms with Crippen LogP contribution in [-0.4, -0.2) is 22.2 Å². The van der Waals surface area contributed by atoms with E-state index in [-0.39, 0.29) is 11.1 Å². The maximum Gasteiger partial charge on any atom is 0.270 e. The van der Waals surface area contributed by atoms with Crippen LogP contribution in [0, 0.1) is 10.1 Å². The molecule has 0 radical (unpaired) electrons. The lowest BCUT2D eigenvalue weighted by Crippen LogP contribution is -2.21. The maximum atomic E-state index is 11.0. The van der Waals surface area contributed by atoms with Gasteiger partial charge in [0.2, 0.25) is 0 Å². The van der Waals surface area contributed by atoms with Crippen LogP contribution >= 0.6 is 0 Å². The second kappa shape index (κ2) is 6.39. The summed E-state index contributed by atoms with van der Waals surface area (Å²) in [6.45, 7) is 4.24. The molecular weight excluding hydrogens is 316 g/mol. The lowest BCUT2D eigenvalue weighted by molar-refractivity contribution is -0.384. The molecule has 0 amide bonds. The van der Waals surface area contributed by atoms with Crippen LogP contribution in [0.5, 0.6) is 0 Å². The number of para-hydroxylation sites is 1. The van der Waals surface area contributed by atoms with Crippen molar-refractivity contribution in [2.45, 2.75) is 19.3 Å². The number of anilines is 1. The van der Waals surface area contributed by atoms with Gasteiger partial charge in [0.25, 0.3) is 5.69 Å². The highest BCUT2D eigenvalue weighted by Gasteiger charge is 2.28. The number of nitrogens with zero attached hydrogens (tertiary/aromatic N) is 2. The van der Waals surface area contributed by atoms with Crippen LogP contribution in [0.15, 0.2) is 54.6 Å². The molecule has 0 spiro atoms. The molecule has 0 aliphatic rings. The van der Waals surface area contributed by atoms with Crippen molar-refractivity contribution < 1.29 is 4.92 Å². The summed E-state index contributed by atoms with van der Waals surface area (Å²) < 4.78 is 0. The maximum absolute atomic E-state index is 11.0. The van der Waals surface area contributed by atoms with Crippen molar-refractivity contribution in [3.8, 4) is 11.3 Å². The minimum Gasteiger partial charge on any atom is -0.388 e. The first kappa shape index (κ1) is 16.7. The molecule has 25 heavy (non-hydrogen) atoms. The highest BCUT2D eigenvalue weighted by atomic mass is 16.6. The summed E-state index contributed by atoms with van der Waals surface area (Å²) in [4.78, 5) is 10.6. The third-order valence-corrected chi connectivity index (χ3v) is 4.47. The number of hydrogen-bond acceptors (Lipinski definition) is 4. The van der Waals surface area contributed by atoms with E-state index in [1.165, 1.54) is 12.1 Å². The van der Waals surface area contributed by atoms with Gasteiger partial charge in [0.15, 0.2) is 0 Å². The third-order valence-electron chi connectivity index (χ3n) is 4.47. The Kier molecular flexibility index (Phi) is 4.27. The molecule has 0 atom stereocenters. The van der Waals surface area contributed by atoms with Gasteiger partial charge in [-0.2, -0.15) is 5.10 Å². The monoisotopic (exact) mass is 336 g/mol. The molecular formula is C19H20N4O2. The van der Waals surface area contributed by atoms with E-state index in [0.717, 1.165) is 22.5 Å². The normalized spacial score (nSPS) is 11.3. The van der Waals surface area contributed by atoms with Gasteiger partial charge in [0.1, 0.15) is 0 Å². The summed E-state index contributed by atoms with van der Waals surface area (Å²) in [6.07, 6.45) is 0. The van der Waals surface area contributed by atoms with Crippen LogP contribution < -0.4 is 5.32 Å². The van der Waals surface area contributed by atoms with Crippen LogP contribution in [0.1, 0.15) is 25.1 Å². The van der Waals surface area contributed by atoms with Gasteiger partial charge < -0.3 is 5.32 Å². The molecule has 0 unspecified atom stereocenters. The Balaban J connectivity index is 2.00. The first-order chi connectivity index (χ1) is 11.9. The van der Waals surface area contributed by atoms with Gasteiger partial charge >= 0.3 is 0 Å². The van der Waals surface area contributed by atoms with E-state index in [1.54, 1.807) is 6.07 Å². The van der Waals surface area contributed by atoms with E-state index in [1.807, 2.05) is 37.4 Å². The fraction of sp³-hybridized carbons (Fsp3) is 0.211. The molecule has 2 N–H and O–H groups in total. The van der Waals surface area contributed by atoms with E-state index >= 15 is 0 Å². The van der Waals surface area contributed by atoms with Crippen LogP contribution in [0.4, 0.5) is 11.4 Å². The van der Waals surface area contributed by atoms with Gasteiger partial charge in [-0.15, -0.1) is 0 Å². The highest BCUT2D eigenvalue weighted by molar-refractivity contribution is 5.64. The predicted molar refractivity (Wildman–Crippen MR) is 98.8 cm³/mol. The van der Waals surface area contributed by atoms with E-state index in [0.29, 0.717) is 5.69 Å². The fourth-order valence-electron chi connectivity index (χ4n) is 2.96. The lowest BCUT2D eigenvalue weighted by atomic mass is 9.80. The molecule has 6 heteroatoms. The molecule has 2 aromatic carbocycles. The van der Waals surface area contributed by atoms with Gasteiger partial charge in [-0.25, -0.2) is 0 Å². The van der Waals surface area contributed by atoms with Crippen LogP contribution in [-0.2, 0) is 5.41 Å². The Labute approximate surface area is 146 Å². The Hall–Kier alpha value is -3.15. The van der Waals surface area contributed by atoms with Crippen molar-refractivity contribution in [2.24, 2.45) is 0 Å². The molecule has 0 aliphatic heterocycles. The second-order valence-electron chi connectivity index (χ2n) is 6.39. The van der Waals surface area contributed by atoms with Gasteiger partial charge in [-0.05, 0) is 17.7 Å². The molecule has 0 bridgehead atoms. The molecule has 6 nitrogen and oxygen atoms in total. The summed E-state index contributed by atoms with van der Waals surface area (Å²) in [5, 5.41) is 21.7. The van der Waals surface area contributed by atoms with Crippen LogP contribution in [0.25, 0.3) is 11.3 Å². The lowest BCUT2D eigenvalue weighted by Gasteiger charge is -2.26. The Morgan fingerprint density at radius 1 is 1.12 bits per heavy atom. The Morgan fingerprint density at radius 2 is 1.88 bits per heavy atom. The van der Waals surface area contributed by atoms with Crippen molar-refractivity contribution in [1.29, 1.82) is 0 Å². The van der Waals surface area contributed by atoms with Gasteiger partial charge in [-0.1, -0.05) is 44.2 Å². The van der Waals surface area contributed by atoms with Crippen molar-refractivity contribution >= 4 is 11.4 Å². The number of hydrogen-bond donors (Lipinski definition) is 2. The zero-order valence-corrected chi connectivity index (χ0v) is 14.4. The average Bonchev–Trinajstić information content (AvgIpc) is 3.13. The van der Waals surface area contributed by atoms with E-state index < -0.39 is 4.92 Å².